The molecule has 1 atom stereocenters. The van der Waals surface area contributed by atoms with Crippen LogP contribution in [0.1, 0.15) is 35.7 Å². The lowest BCUT2D eigenvalue weighted by atomic mass is 10.0. The number of carbonyl (C=O) groups is 2. The molecule has 1 heterocycles. The minimum atomic E-state index is -0.560. The molecule has 2 aromatic rings. The summed E-state index contributed by atoms with van der Waals surface area (Å²) in [5.41, 5.74) is 1.75. The molecule has 0 spiro atoms. The zero-order valence-corrected chi connectivity index (χ0v) is 17.3. The number of nitrogens with one attached hydrogen (secondary N) is 2. The van der Waals surface area contributed by atoms with Crippen molar-refractivity contribution in [1.82, 2.24) is 10.2 Å². The maximum absolute atomic E-state index is 13.9. The predicted octanol–water partition coefficient (Wildman–Crippen LogP) is 4.01. The molecule has 7 heteroatoms. The van der Waals surface area contributed by atoms with Crippen LogP contribution in [0, 0.1) is 12.7 Å². The van der Waals surface area contributed by atoms with Crippen molar-refractivity contribution in [2.24, 2.45) is 0 Å². The van der Waals surface area contributed by atoms with E-state index in [1.807, 2.05) is 36.1 Å². The molecule has 0 radical (unpaired) electrons. The van der Waals surface area contributed by atoms with Gasteiger partial charge in [-0.25, -0.2) is 4.39 Å². The first-order chi connectivity index (χ1) is 13.8. The van der Waals surface area contributed by atoms with Crippen molar-refractivity contribution in [2.75, 3.05) is 18.4 Å². The van der Waals surface area contributed by atoms with Gasteiger partial charge in [-0.3, -0.25) is 14.5 Å². The molecule has 1 saturated heterocycles. The third-order valence-corrected chi connectivity index (χ3v) is 5.61. The first-order valence-corrected chi connectivity index (χ1v) is 10.1. The van der Waals surface area contributed by atoms with Crippen LogP contribution in [0.3, 0.4) is 0 Å². The summed E-state index contributed by atoms with van der Waals surface area (Å²) in [6, 6.07) is 11.3. The number of benzene rings is 2. The van der Waals surface area contributed by atoms with Crippen LogP contribution in [0.2, 0.25) is 5.02 Å². The van der Waals surface area contributed by atoms with E-state index in [1.54, 1.807) is 6.92 Å². The second kappa shape index (κ2) is 9.37. The Morgan fingerprint density at radius 2 is 1.86 bits per heavy atom. The van der Waals surface area contributed by atoms with Crippen molar-refractivity contribution >= 4 is 29.1 Å². The van der Waals surface area contributed by atoms with Gasteiger partial charge in [0.05, 0.1) is 11.7 Å². The summed E-state index contributed by atoms with van der Waals surface area (Å²) < 4.78 is 13.9. The Balaban J connectivity index is 1.51. The lowest BCUT2D eigenvalue weighted by Crippen LogP contribution is -2.50. The Bertz CT molecular complexity index is 897. The highest BCUT2D eigenvalue weighted by molar-refractivity contribution is 6.30. The minimum absolute atomic E-state index is 0.0643. The van der Waals surface area contributed by atoms with Crippen LogP contribution in [0.4, 0.5) is 10.1 Å². The molecule has 0 saturated carbocycles. The molecule has 1 fully saturated rings. The molecular formula is C22H25ClFN3O2. The first-order valence-electron chi connectivity index (χ1n) is 9.71. The van der Waals surface area contributed by atoms with E-state index in [1.165, 1.54) is 18.2 Å². The normalized spacial score (nSPS) is 16.3. The van der Waals surface area contributed by atoms with Crippen LogP contribution in [0.25, 0.3) is 0 Å². The maximum atomic E-state index is 13.9. The number of hydrogen-bond donors (Lipinski definition) is 2. The molecular weight excluding hydrogens is 393 g/mol. The number of rotatable bonds is 5. The molecule has 0 aliphatic carbocycles. The van der Waals surface area contributed by atoms with Gasteiger partial charge in [0.1, 0.15) is 5.82 Å². The molecule has 0 bridgehead atoms. The number of carbonyl (C=O) groups excluding carboxylic acids is 2. The van der Waals surface area contributed by atoms with Gasteiger partial charge in [0.15, 0.2) is 0 Å². The van der Waals surface area contributed by atoms with Gasteiger partial charge in [-0.05, 0) is 56.5 Å². The zero-order chi connectivity index (χ0) is 21.0. The minimum Gasteiger partial charge on any atom is -0.349 e. The summed E-state index contributed by atoms with van der Waals surface area (Å²) >= 11 is 5.74. The highest BCUT2D eigenvalue weighted by Crippen LogP contribution is 2.20. The first kappa shape index (κ1) is 21.3. The topological polar surface area (TPSA) is 61.4 Å². The molecule has 1 aliphatic rings. The van der Waals surface area contributed by atoms with E-state index in [9.17, 15) is 14.0 Å². The van der Waals surface area contributed by atoms with Crippen molar-refractivity contribution in [3.8, 4) is 0 Å². The van der Waals surface area contributed by atoms with Crippen LogP contribution in [0.5, 0.6) is 0 Å². The number of hydrogen-bond acceptors (Lipinski definition) is 3. The molecule has 5 nitrogen and oxygen atoms in total. The Kier molecular flexibility index (Phi) is 6.87. The molecule has 1 unspecified atom stereocenters. The quantitative estimate of drug-likeness (QED) is 0.772. The fourth-order valence-corrected chi connectivity index (χ4v) is 3.67. The highest BCUT2D eigenvalue weighted by atomic mass is 35.5. The van der Waals surface area contributed by atoms with Crippen LogP contribution >= 0.6 is 11.6 Å². The van der Waals surface area contributed by atoms with Crippen molar-refractivity contribution in [2.45, 2.75) is 38.8 Å². The van der Waals surface area contributed by atoms with Crippen molar-refractivity contribution in [3.05, 3.63) is 64.4 Å². The fourth-order valence-electron chi connectivity index (χ4n) is 3.52. The van der Waals surface area contributed by atoms with Gasteiger partial charge in [-0.15, -0.1) is 0 Å². The largest absolute Gasteiger partial charge is 0.349 e. The van der Waals surface area contributed by atoms with Crippen LogP contribution in [-0.2, 0) is 4.79 Å². The SMILES string of the molecule is Cc1ccccc1C(=O)NC1CCN(C(C)C(=O)Nc2ccc(Cl)cc2F)CC1. The summed E-state index contributed by atoms with van der Waals surface area (Å²) in [6.07, 6.45) is 1.51. The number of aryl methyl sites for hydroxylation is 1. The third-order valence-electron chi connectivity index (χ3n) is 5.37. The number of anilines is 1. The van der Waals surface area contributed by atoms with Crippen molar-refractivity contribution in [3.63, 3.8) is 0 Å². The summed E-state index contributed by atoms with van der Waals surface area (Å²) in [5, 5.41) is 5.99. The third kappa shape index (κ3) is 5.34. The van der Waals surface area contributed by atoms with Gasteiger partial charge in [0.25, 0.3) is 5.91 Å². The second-order valence-electron chi connectivity index (χ2n) is 7.39. The molecule has 0 aromatic heterocycles. The average Bonchev–Trinajstić information content (AvgIpc) is 2.70. The molecule has 1 aliphatic heterocycles. The van der Waals surface area contributed by atoms with Crippen molar-refractivity contribution < 1.29 is 14.0 Å². The van der Waals surface area contributed by atoms with Crippen LogP contribution in [-0.4, -0.2) is 41.9 Å². The van der Waals surface area contributed by atoms with E-state index < -0.39 is 11.9 Å². The zero-order valence-electron chi connectivity index (χ0n) is 16.5. The van der Waals surface area contributed by atoms with E-state index >= 15 is 0 Å². The van der Waals surface area contributed by atoms with Gasteiger partial charge < -0.3 is 10.6 Å². The Hall–Kier alpha value is -2.44. The monoisotopic (exact) mass is 417 g/mol. The molecule has 154 valence electrons. The van der Waals surface area contributed by atoms with Gasteiger partial charge in [0, 0.05) is 29.7 Å². The molecule has 2 amide bonds. The molecule has 3 rings (SSSR count). The van der Waals surface area contributed by atoms with E-state index in [-0.39, 0.29) is 28.6 Å². The van der Waals surface area contributed by atoms with E-state index in [0.717, 1.165) is 18.4 Å². The Labute approximate surface area is 175 Å². The number of likely N-dealkylation sites (tertiary alicyclic amines) is 1. The Morgan fingerprint density at radius 1 is 1.17 bits per heavy atom. The summed E-state index contributed by atoms with van der Waals surface area (Å²) in [7, 11) is 0. The fraction of sp³-hybridized carbons (Fsp3) is 0.364. The lowest BCUT2D eigenvalue weighted by molar-refractivity contribution is -0.121. The molecule has 2 N–H and O–H groups in total. The van der Waals surface area contributed by atoms with E-state index in [4.69, 9.17) is 11.6 Å². The van der Waals surface area contributed by atoms with Gasteiger partial charge in [-0.2, -0.15) is 0 Å². The lowest BCUT2D eigenvalue weighted by Gasteiger charge is -2.35. The predicted molar refractivity (Wildman–Crippen MR) is 113 cm³/mol. The summed E-state index contributed by atoms with van der Waals surface area (Å²) in [5.74, 6) is -0.894. The number of halogens is 2. The highest BCUT2D eigenvalue weighted by Gasteiger charge is 2.28. The van der Waals surface area contributed by atoms with Crippen LogP contribution < -0.4 is 10.6 Å². The van der Waals surface area contributed by atoms with Crippen molar-refractivity contribution in [1.29, 1.82) is 0 Å². The maximum Gasteiger partial charge on any atom is 0.251 e. The summed E-state index contributed by atoms with van der Waals surface area (Å²) in [6.45, 7) is 5.07. The number of nitrogens with zero attached hydrogens (tertiary/aromatic N) is 1. The Morgan fingerprint density at radius 3 is 2.52 bits per heavy atom. The number of piperidine rings is 1. The molecule has 2 aromatic carbocycles. The molecule has 29 heavy (non-hydrogen) atoms. The van der Waals surface area contributed by atoms with Gasteiger partial charge in [0.2, 0.25) is 5.91 Å². The average molecular weight is 418 g/mol. The van der Waals surface area contributed by atoms with Crippen LogP contribution in [0.15, 0.2) is 42.5 Å². The van der Waals surface area contributed by atoms with E-state index in [0.29, 0.717) is 18.7 Å². The second-order valence-corrected chi connectivity index (χ2v) is 7.82. The van der Waals surface area contributed by atoms with Gasteiger partial charge in [-0.1, -0.05) is 29.8 Å². The number of amides is 2. The summed E-state index contributed by atoms with van der Waals surface area (Å²) in [4.78, 5) is 27.0. The smallest absolute Gasteiger partial charge is 0.251 e. The standard InChI is InChI=1S/C22H25ClFN3O2/c1-14-5-3-4-6-18(14)22(29)25-17-9-11-27(12-10-17)15(2)21(28)26-20-8-7-16(23)13-19(20)24/h3-8,13,15,17H,9-12H2,1-2H3,(H,25,29)(H,26,28). The van der Waals surface area contributed by atoms with E-state index in [2.05, 4.69) is 10.6 Å². The van der Waals surface area contributed by atoms with Gasteiger partial charge >= 0.3 is 0 Å².